The first-order chi connectivity index (χ1) is 12.7. The van der Waals surface area contributed by atoms with Crippen LogP contribution in [0.2, 0.25) is 5.15 Å². The van der Waals surface area contributed by atoms with E-state index in [1.165, 1.54) is 18.3 Å². The Morgan fingerprint density at radius 1 is 1.22 bits per heavy atom. The van der Waals surface area contributed by atoms with E-state index in [1.807, 2.05) is 18.2 Å². The van der Waals surface area contributed by atoms with Gasteiger partial charge in [-0.3, -0.25) is 9.52 Å². The molecule has 0 aliphatic heterocycles. The van der Waals surface area contributed by atoms with Crippen LogP contribution in [0.1, 0.15) is 20.8 Å². The summed E-state index contributed by atoms with van der Waals surface area (Å²) in [6.45, 7) is 4.59. The van der Waals surface area contributed by atoms with Crippen molar-refractivity contribution >= 4 is 59.9 Å². The van der Waals surface area contributed by atoms with Gasteiger partial charge < -0.3 is 5.32 Å². The number of sulfonamides is 1. The van der Waals surface area contributed by atoms with Crippen molar-refractivity contribution in [2.45, 2.75) is 26.0 Å². The van der Waals surface area contributed by atoms with E-state index in [2.05, 4.69) is 20.0 Å². The van der Waals surface area contributed by atoms with Crippen LogP contribution in [0.15, 0.2) is 30.5 Å². The molecular formula is C17H17ClN4O3S2. The second-order valence-corrected chi connectivity index (χ2v) is 9.77. The minimum absolute atomic E-state index is 0.0785. The average Bonchev–Trinajstić information content (AvgIpc) is 2.96. The Morgan fingerprint density at radius 2 is 1.96 bits per heavy atom. The molecule has 2 heterocycles. The quantitative estimate of drug-likeness (QED) is 0.600. The zero-order valence-electron chi connectivity index (χ0n) is 14.8. The number of nitrogens with one attached hydrogen (secondary N) is 2. The van der Waals surface area contributed by atoms with Crippen LogP contribution < -0.4 is 10.0 Å². The van der Waals surface area contributed by atoms with Crippen LogP contribution in [0, 0.1) is 0 Å². The molecule has 3 aromatic rings. The molecular weight excluding hydrogens is 408 g/mol. The molecule has 0 unspecified atom stereocenters. The summed E-state index contributed by atoms with van der Waals surface area (Å²) < 4.78 is 27.6. The number of benzene rings is 1. The van der Waals surface area contributed by atoms with Gasteiger partial charge in [-0.25, -0.2) is 18.4 Å². The third-order valence-corrected chi connectivity index (χ3v) is 6.70. The third kappa shape index (κ3) is 4.37. The molecule has 0 aliphatic carbocycles. The molecule has 1 amide bonds. The van der Waals surface area contributed by atoms with Crippen LogP contribution in [0.25, 0.3) is 21.3 Å². The summed E-state index contributed by atoms with van der Waals surface area (Å²) in [4.78, 5) is 19.6. The molecule has 7 nitrogen and oxygen atoms in total. The highest BCUT2D eigenvalue weighted by Gasteiger charge is 2.18. The first-order valence-corrected chi connectivity index (χ1v) is 10.8. The Balaban J connectivity index is 1.98. The number of halogens is 1. The van der Waals surface area contributed by atoms with Gasteiger partial charge in [-0.05, 0) is 37.6 Å². The number of pyridine rings is 1. The molecule has 10 heteroatoms. The number of amides is 1. The average molecular weight is 425 g/mol. The maximum absolute atomic E-state index is 12.1. The van der Waals surface area contributed by atoms with Gasteiger partial charge in [0.15, 0.2) is 10.3 Å². The van der Waals surface area contributed by atoms with Crippen LogP contribution in [-0.2, 0) is 14.8 Å². The Morgan fingerprint density at radius 3 is 2.63 bits per heavy atom. The summed E-state index contributed by atoms with van der Waals surface area (Å²) in [6.07, 6.45) is 1.58. The molecule has 0 saturated heterocycles. The highest BCUT2D eigenvalue weighted by molar-refractivity contribution is 7.93. The number of anilines is 2. The van der Waals surface area contributed by atoms with Crippen molar-refractivity contribution in [1.29, 1.82) is 0 Å². The van der Waals surface area contributed by atoms with Crippen LogP contribution >= 0.6 is 22.9 Å². The number of thiazole rings is 1. The molecule has 3 rings (SSSR count). The predicted octanol–water partition coefficient (Wildman–Crippen LogP) is 4.12. The van der Waals surface area contributed by atoms with Gasteiger partial charge in [0.25, 0.3) is 0 Å². The van der Waals surface area contributed by atoms with Gasteiger partial charge in [0.1, 0.15) is 0 Å². The number of nitrogens with zero attached hydrogens (tertiary/aromatic N) is 2. The van der Waals surface area contributed by atoms with E-state index in [-0.39, 0.29) is 16.7 Å². The fourth-order valence-corrected chi connectivity index (χ4v) is 4.11. The number of aromatic nitrogens is 2. The fourth-order valence-electron chi connectivity index (χ4n) is 2.26. The monoisotopic (exact) mass is 424 g/mol. The molecule has 0 saturated carbocycles. The molecule has 1 aromatic carbocycles. The number of rotatable bonds is 5. The van der Waals surface area contributed by atoms with Crippen LogP contribution in [0.4, 0.5) is 10.8 Å². The lowest BCUT2D eigenvalue weighted by Crippen LogP contribution is -2.22. The lowest BCUT2D eigenvalue weighted by molar-refractivity contribution is -0.114. The van der Waals surface area contributed by atoms with Gasteiger partial charge in [0, 0.05) is 18.7 Å². The van der Waals surface area contributed by atoms with Gasteiger partial charge >= 0.3 is 0 Å². The molecule has 0 bridgehead atoms. The van der Waals surface area contributed by atoms with Crippen molar-refractivity contribution < 1.29 is 13.2 Å². The van der Waals surface area contributed by atoms with Gasteiger partial charge in [-0.15, -0.1) is 0 Å². The van der Waals surface area contributed by atoms with E-state index in [9.17, 15) is 13.2 Å². The zero-order chi connectivity index (χ0) is 19.8. The highest BCUT2D eigenvalue weighted by Crippen LogP contribution is 2.32. The summed E-state index contributed by atoms with van der Waals surface area (Å²) >= 11 is 7.41. The second kappa shape index (κ2) is 7.41. The molecule has 142 valence electrons. The van der Waals surface area contributed by atoms with Crippen LogP contribution in [-0.4, -0.2) is 29.5 Å². The molecule has 0 atom stereocenters. The standard InChI is InChI=1S/C17H17ClN4O3S2/c1-9(2)27(24,25)22-14-6-12(8-19-16(14)18)11-4-5-13-15(7-11)26-17(21-13)20-10(3)23/h4-9,22H,1-3H3,(H,20,21,23). The van der Waals surface area contributed by atoms with E-state index in [4.69, 9.17) is 11.6 Å². The van der Waals surface area contributed by atoms with Crippen molar-refractivity contribution in [2.75, 3.05) is 10.0 Å². The highest BCUT2D eigenvalue weighted by atomic mass is 35.5. The van der Waals surface area contributed by atoms with E-state index in [0.717, 1.165) is 15.8 Å². The summed E-state index contributed by atoms with van der Waals surface area (Å²) in [7, 11) is -3.54. The molecule has 0 spiro atoms. The minimum atomic E-state index is -3.54. The number of hydrogen-bond acceptors (Lipinski definition) is 6. The van der Waals surface area contributed by atoms with Crippen LogP contribution in [0.5, 0.6) is 0 Å². The maximum Gasteiger partial charge on any atom is 0.235 e. The summed E-state index contributed by atoms with van der Waals surface area (Å²) in [5.74, 6) is -0.182. The van der Waals surface area contributed by atoms with Crippen molar-refractivity contribution in [1.82, 2.24) is 9.97 Å². The Kier molecular flexibility index (Phi) is 5.36. The van der Waals surface area contributed by atoms with E-state index in [1.54, 1.807) is 26.1 Å². The summed E-state index contributed by atoms with van der Waals surface area (Å²) in [5.41, 5.74) is 2.52. The number of carbonyl (C=O) groups excluding carboxylic acids is 1. The Bertz CT molecular complexity index is 1130. The van der Waals surface area contributed by atoms with Gasteiger partial charge in [-0.1, -0.05) is 29.0 Å². The smallest absolute Gasteiger partial charge is 0.235 e. The van der Waals surface area contributed by atoms with Crippen molar-refractivity contribution in [3.8, 4) is 11.1 Å². The summed E-state index contributed by atoms with van der Waals surface area (Å²) in [5, 5.41) is 2.67. The van der Waals surface area contributed by atoms with E-state index < -0.39 is 15.3 Å². The summed E-state index contributed by atoms with van der Waals surface area (Å²) in [6, 6.07) is 7.24. The topological polar surface area (TPSA) is 101 Å². The number of hydrogen-bond donors (Lipinski definition) is 2. The lowest BCUT2D eigenvalue weighted by Gasteiger charge is -2.13. The first kappa shape index (κ1) is 19.5. The van der Waals surface area contributed by atoms with Gasteiger partial charge in [0.05, 0.1) is 21.2 Å². The SMILES string of the molecule is CC(=O)Nc1nc2ccc(-c3cnc(Cl)c(NS(=O)(=O)C(C)C)c3)cc2s1. The molecule has 27 heavy (non-hydrogen) atoms. The van der Waals surface area contributed by atoms with Crippen molar-refractivity contribution in [3.05, 3.63) is 35.6 Å². The normalized spacial score (nSPS) is 11.7. The molecule has 0 fully saturated rings. The predicted molar refractivity (Wildman–Crippen MR) is 110 cm³/mol. The number of carbonyl (C=O) groups is 1. The van der Waals surface area contributed by atoms with Crippen LogP contribution in [0.3, 0.4) is 0 Å². The van der Waals surface area contributed by atoms with E-state index >= 15 is 0 Å². The Hall–Kier alpha value is -2.23. The second-order valence-electron chi connectivity index (χ2n) is 6.14. The molecule has 2 aromatic heterocycles. The van der Waals surface area contributed by atoms with Gasteiger partial charge in [0.2, 0.25) is 15.9 Å². The minimum Gasteiger partial charge on any atom is -0.302 e. The zero-order valence-corrected chi connectivity index (χ0v) is 17.2. The molecule has 0 aliphatic rings. The first-order valence-electron chi connectivity index (χ1n) is 8.01. The fraction of sp³-hybridized carbons (Fsp3) is 0.235. The third-order valence-electron chi connectivity index (χ3n) is 3.72. The molecule has 0 radical (unpaired) electrons. The maximum atomic E-state index is 12.1. The largest absolute Gasteiger partial charge is 0.302 e. The van der Waals surface area contributed by atoms with Crippen molar-refractivity contribution in [2.24, 2.45) is 0 Å². The van der Waals surface area contributed by atoms with Crippen molar-refractivity contribution in [3.63, 3.8) is 0 Å². The van der Waals surface area contributed by atoms with E-state index in [0.29, 0.717) is 10.7 Å². The lowest BCUT2D eigenvalue weighted by atomic mass is 10.1. The Labute approximate surface area is 165 Å². The van der Waals surface area contributed by atoms with Gasteiger partial charge in [-0.2, -0.15) is 0 Å². The number of fused-ring (bicyclic) bond motifs is 1. The molecule has 2 N–H and O–H groups in total.